The van der Waals surface area contributed by atoms with E-state index in [1.165, 1.54) is 30.5 Å². The lowest BCUT2D eigenvalue weighted by Gasteiger charge is -2.31. The fourth-order valence-corrected chi connectivity index (χ4v) is 6.14. The fraction of sp³-hybridized carbons (Fsp3) is 0.381. The normalized spacial score (nSPS) is 17.9. The summed E-state index contributed by atoms with van der Waals surface area (Å²) in [5.41, 5.74) is 0.756. The number of hydrogen-bond acceptors (Lipinski definition) is 5. The van der Waals surface area contributed by atoms with E-state index in [-0.39, 0.29) is 28.8 Å². The van der Waals surface area contributed by atoms with Crippen molar-refractivity contribution < 1.29 is 21.6 Å². The number of benzene rings is 2. The van der Waals surface area contributed by atoms with Crippen LogP contribution in [0.5, 0.6) is 0 Å². The molecule has 11 heteroatoms. The van der Waals surface area contributed by atoms with Gasteiger partial charge in [-0.05, 0) is 54.8 Å². The molecule has 1 aliphatic rings. The van der Waals surface area contributed by atoms with Gasteiger partial charge in [-0.25, -0.2) is 21.1 Å². The Morgan fingerprint density at radius 1 is 1.03 bits per heavy atom. The van der Waals surface area contributed by atoms with Crippen LogP contribution in [0.3, 0.4) is 0 Å². The predicted octanol–water partition coefficient (Wildman–Crippen LogP) is 2.42. The van der Waals surface area contributed by atoms with Crippen LogP contribution in [-0.2, 0) is 31.4 Å². The smallest absolute Gasteiger partial charge is 0.243 e. The third-order valence-corrected chi connectivity index (χ3v) is 9.61. The van der Waals surface area contributed by atoms with E-state index >= 15 is 0 Å². The van der Waals surface area contributed by atoms with Gasteiger partial charge in [0.2, 0.25) is 26.0 Å². The van der Waals surface area contributed by atoms with E-state index in [9.17, 15) is 21.6 Å². The largest absolute Gasteiger partial charge is 0.352 e. The highest BCUT2D eigenvalue weighted by molar-refractivity contribution is 9.10. The number of piperidine rings is 1. The van der Waals surface area contributed by atoms with Crippen LogP contribution < -0.4 is 5.32 Å². The average Bonchev–Trinajstić information content (AvgIpc) is 2.78. The van der Waals surface area contributed by atoms with Crippen LogP contribution in [0, 0.1) is 5.92 Å². The van der Waals surface area contributed by atoms with Crippen molar-refractivity contribution in [3.8, 4) is 0 Å². The summed E-state index contributed by atoms with van der Waals surface area (Å²) in [6.45, 7) is 0.741. The monoisotopic (exact) mass is 543 g/mol. The van der Waals surface area contributed by atoms with E-state index in [0.717, 1.165) is 14.3 Å². The van der Waals surface area contributed by atoms with E-state index in [1.54, 1.807) is 36.4 Å². The Labute approximate surface area is 197 Å². The summed E-state index contributed by atoms with van der Waals surface area (Å²) >= 11 is 3.30. The molecule has 0 saturated carbocycles. The molecule has 0 aromatic heterocycles. The van der Waals surface area contributed by atoms with Crippen LogP contribution in [-0.4, -0.2) is 58.5 Å². The SMILES string of the molecule is CN(C)S(=O)(=O)c1ccc(CNC(=O)[C@@H]2CCCN(S(=O)(=O)c3ccc(Br)cc3)C2)cc1. The molecule has 1 N–H and O–H groups in total. The van der Waals surface area contributed by atoms with Gasteiger partial charge in [-0.1, -0.05) is 28.1 Å². The average molecular weight is 544 g/mol. The number of amides is 1. The molecule has 2 aromatic rings. The molecule has 3 rings (SSSR count). The number of rotatable bonds is 7. The Morgan fingerprint density at radius 2 is 1.62 bits per heavy atom. The van der Waals surface area contributed by atoms with Crippen LogP contribution >= 0.6 is 15.9 Å². The summed E-state index contributed by atoms with van der Waals surface area (Å²) in [5, 5.41) is 2.84. The van der Waals surface area contributed by atoms with Gasteiger partial charge < -0.3 is 5.32 Å². The molecule has 0 aliphatic carbocycles. The first-order valence-electron chi connectivity index (χ1n) is 10.1. The summed E-state index contributed by atoms with van der Waals surface area (Å²) in [7, 11) is -4.24. The van der Waals surface area contributed by atoms with Crippen molar-refractivity contribution in [2.45, 2.75) is 29.2 Å². The van der Waals surface area contributed by atoms with Crippen LogP contribution in [0.4, 0.5) is 0 Å². The van der Waals surface area contributed by atoms with E-state index in [4.69, 9.17) is 0 Å². The maximum Gasteiger partial charge on any atom is 0.243 e. The zero-order valence-electron chi connectivity index (χ0n) is 17.9. The van der Waals surface area contributed by atoms with Crippen LogP contribution in [0.15, 0.2) is 62.8 Å². The van der Waals surface area contributed by atoms with Crippen molar-refractivity contribution in [1.82, 2.24) is 13.9 Å². The van der Waals surface area contributed by atoms with Crippen molar-refractivity contribution in [3.63, 3.8) is 0 Å². The van der Waals surface area contributed by atoms with Crippen molar-refractivity contribution in [3.05, 3.63) is 58.6 Å². The van der Waals surface area contributed by atoms with Gasteiger partial charge in [-0.2, -0.15) is 4.31 Å². The number of nitrogens with zero attached hydrogens (tertiary/aromatic N) is 2. The van der Waals surface area contributed by atoms with Gasteiger partial charge in [-0.3, -0.25) is 4.79 Å². The Bertz CT molecular complexity index is 1160. The molecule has 8 nitrogen and oxygen atoms in total. The zero-order chi connectivity index (χ0) is 23.5. The molecule has 0 unspecified atom stereocenters. The van der Waals surface area contributed by atoms with Gasteiger partial charge >= 0.3 is 0 Å². The number of halogens is 1. The molecule has 174 valence electrons. The van der Waals surface area contributed by atoms with Crippen LogP contribution in [0.25, 0.3) is 0 Å². The molecule has 0 spiro atoms. The second kappa shape index (κ2) is 10.0. The first-order valence-corrected chi connectivity index (χ1v) is 13.7. The van der Waals surface area contributed by atoms with E-state index in [0.29, 0.717) is 19.4 Å². The third-order valence-electron chi connectivity index (χ3n) is 5.37. The van der Waals surface area contributed by atoms with E-state index in [1.807, 2.05) is 0 Å². The van der Waals surface area contributed by atoms with E-state index < -0.39 is 26.0 Å². The standard InChI is InChI=1S/C21H26BrN3O5S2/c1-24(2)31(27,28)19-9-5-16(6-10-19)14-23-21(26)17-4-3-13-25(15-17)32(29,30)20-11-7-18(22)8-12-20/h5-12,17H,3-4,13-15H2,1-2H3,(H,23,26)/t17-/m1/s1. The molecular weight excluding hydrogens is 518 g/mol. The Hall–Kier alpha value is -1.79. The minimum absolute atomic E-state index is 0.129. The molecule has 1 aliphatic heterocycles. The molecule has 2 aromatic carbocycles. The number of nitrogens with one attached hydrogen (secondary N) is 1. The van der Waals surface area contributed by atoms with Crippen molar-refractivity contribution >= 4 is 41.9 Å². The number of hydrogen-bond donors (Lipinski definition) is 1. The maximum atomic E-state index is 12.9. The third kappa shape index (κ3) is 5.57. The van der Waals surface area contributed by atoms with Crippen molar-refractivity contribution in [1.29, 1.82) is 0 Å². The molecule has 0 radical (unpaired) electrons. The van der Waals surface area contributed by atoms with Crippen LogP contribution in [0.1, 0.15) is 18.4 Å². The summed E-state index contributed by atoms with van der Waals surface area (Å²) in [5.74, 6) is -0.659. The Balaban J connectivity index is 1.61. The molecule has 0 bridgehead atoms. The lowest BCUT2D eigenvalue weighted by atomic mass is 9.99. The van der Waals surface area contributed by atoms with Gasteiger partial charge in [0, 0.05) is 38.2 Å². The van der Waals surface area contributed by atoms with Gasteiger partial charge in [-0.15, -0.1) is 0 Å². The number of sulfonamides is 2. The Kier molecular flexibility index (Phi) is 7.77. The molecular formula is C21H26BrN3O5S2. The first kappa shape index (κ1) is 24.8. The lowest BCUT2D eigenvalue weighted by Crippen LogP contribution is -2.45. The number of carbonyl (C=O) groups excluding carboxylic acids is 1. The van der Waals surface area contributed by atoms with Gasteiger partial charge in [0.15, 0.2) is 0 Å². The maximum absolute atomic E-state index is 12.9. The van der Waals surface area contributed by atoms with E-state index in [2.05, 4.69) is 21.2 Å². The Morgan fingerprint density at radius 3 is 2.22 bits per heavy atom. The molecule has 32 heavy (non-hydrogen) atoms. The topological polar surface area (TPSA) is 104 Å². The number of carbonyl (C=O) groups is 1. The minimum Gasteiger partial charge on any atom is -0.352 e. The summed E-state index contributed by atoms with van der Waals surface area (Å²) in [6.07, 6.45) is 1.21. The molecule has 1 heterocycles. The predicted molar refractivity (Wildman–Crippen MR) is 125 cm³/mol. The summed E-state index contributed by atoms with van der Waals surface area (Å²) < 4.78 is 53.5. The summed E-state index contributed by atoms with van der Waals surface area (Å²) in [4.78, 5) is 13.1. The summed E-state index contributed by atoms with van der Waals surface area (Å²) in [6, 6.07) is 12.8. The van der Waals surface area contributed by atoms with Gasteiger partial charge in [0.05, 0.1) is 15.7 Å². The van der Waals surface area contributed by atoms with Crippen molar-refractivity contribution in [2.24, 2.45) is 5.92 Å². The second-order valence-corrected chi connectivity index (χ2v) is 12.8. The van der Waals surface area contributed by atoms with Crippen LogP contribution in [0.2, 0.25) is 0 Å². The lowest BCUT2D eigenvalue weighted by molar-refractivity contribution is -0.126. The first-order chi connectivity index (χ1) is 15.0. The highest BCUT2D eigenvalue weighted by Gasteiger charge is 2.33. The van der Waals surface area contributed by atoms with Crippen molar-refractivity contribution in [2.75, 3.05) is 27.2 Å². The molecule has 1 atom stereocenters. The highest BCUT2D eigenvalue weighted by atomic mass is 79.9. The molecule has 1 fully saturated rings. The molecule has 1 saturated heterocycles. The quantitative estimate of drug-likeness (QED) is 0.577. The minimum atomic E-state index is -3.67. The van der Waals surface area contributed by atoms with Gasteiger partial charge in [0.25, 0.3) is 0 Å². The highest BCUT2D eigenvalue weighted by Crippen LogP contribution is 2.25. The van der Waals surface area contributed by atoms with Gasteiger partial charge in [0.1, 0.15) is 0 Å². The molecule has 1 amide bonds. The zero-order valence-corrected chi connectivity index (χ0v) is 21.1. The second-order valence-electron chi connectivity index (χ2n) is 7.81. The fourth-order valence-electron chi connectivity index (χ4n) is 3.45.